The van der Waals surface area contributed by atoms with E-state index in [-0.39, 0.29) is 11.8 Å². The van der Waals surface area contributed by atoms with Gasteiger partial charge in [-0.05, 0) is 73.9 Å². The fourth-order valence-electron chi connectivity index (χ4n) is 5.12. The van der Waals surface area contributed by atoms with E-state index >= 15 is 0 Å². The summed E-state index contributed by atoms with van der Waals surface area (Å²) in [6.07, 6.45) is 8.69. The van der Waals surface area contributed by atoms with E-state index in [1.54, 1.807) is 29.4 Å². The van der Waals surface area contributed by atoms with Crippen LogP contribution in [0.1, 0.15) is 48.5 Å². The van der Waals surface area contributed by atoms with Crippen LogP contribution in [0.3, 0.4) is 0 Å². The second-order valence-corrected chi connectivity index (χ2v) is 10.5. The number of nitrogens with zero attached hydrogens (tertiary/aromatic N) is 5. The Labute approximate surface area is 228 Å². The molecule has 2 aromatic heterocycles. The van der Waals surface area contributed by atoms with Crippen molar-refractivity contribution in [2.45, 2.75) is 39.2 Å². The first-order valence-corrected chi connectivity index (χ1v) is 13.7. The molecular weight excluding hydrogens is 496 g/mol. The molecule has 0 saturated carbocycles. The topological polar surface area (TPSA) is 102 Å². The summed E-state index contributed by atoms with van der Waals surface area (Å²) in [5, 5.41) is 6.88. The first kappa shape index (κ1) is 26.7. The second kappa shape index (κ2) is 12.8. The number of pyridine rings is 1. The lowest BCUT2D eigenvalue weighted by Gasteiger charge is -2.30. The highest BCUT2D eigenvalue weighted by Crippen LogP contribution is 2.20. The van der Waals surface area contributed by atoms with Crippen molar-refractivity contribution in [3.8, 4) is 5.88 Å². The largest absolute Gasteiger partial charge is 0.416 e. The number of piperidine rings is 2. The van der Waals surface area contributed by atoms with E-state index in [2.05, 4.69) is 27.2 Å². The molecule has 2 aliphatic rings. The molecule has 2 saturated heterocycles. The minimum atomic E-state index is -0.426. The van der Waals surface area contributed by atoms with E-state index in [1.165, 1.54) is 29.4 Å². The first-order chi connectivity index (χ1) is 19.0. The Morgan fingerprint density at radius 2 is 1.87 bits per heavy atom. The number of anilines is 1. The zero-order valence-corrected chi connectivity index (χ0v) is 22.4. The lowest BCUT2D eigenvalue weighted by atomic mass is 9.98. The van der Waals surface area contributed by atoms with Gasteiger partial charge in [0.1, 0.15) is 6.61 Å². The molecule has 0 radical (unpaired) electrons. The lowest BCUT2D eigenvalue weighted by molar-refractivity contribution is 0.0365. The molecule has 39 heavy (non-hydrogen) atoms. The number of aromatic nitrogens is 3. The number of nitrogens with one attached hydrogen (secondary N) is 1. The van der Waals surface area contributed by atoms with Crippen LogP contribution in [0.15, 0.2) is 61.1 Å². The highest BCUT2D eigenvalue weighted by atomic mass is 16.7. The molecule has 10 heteroatoms. The predicted octanol–water partition coefficient (Wildman–Crippen LogP) is 4.10. The van der Waals surface area contributed by atoms with Crippen LogP contribution in [0, 0.1) is 11.8 Å². The van der Waals surface area contributed by atoms with Crippen LogP contribution < -0.4 is 14.9 Å². The van der Waals surface area contributed by atoms with Crippen molar-refractivity contribution in [1.29, 1.82) is 0 Å². The van der Waals surface area contributed by atoms with E-state index in [0.717, 1.165) is 38.4 Å². The van der Waals surface area contributed by atoms with Gasteiger partial charge in [-0.15, -0.1) is 9.94 Å². The Morgan fingerprint density at radius 1 is 1.05 bits per heavy atom. The molecule has 2 fully saturated rings. The zero-order valence-electron chi connectivity index (χ0n) is 22.4. The van der Waals surface area contributed by atoms with Crippen molar-refractivity contribution in [2.75, 3.05) is 38.1 Å². The lowest BCUT2D eigenvalue weighted by Crippen LogP contribution is -2.41. The molecule has 1 atom stereocenters. The maximum atomic E-state index is 12.7. The average Bonchev–Trinajstić information content (AvgIpc) is 3.47. The number of rotatable bonds is 8. The summed E-state index contributed by atoms with van der Waals surface area (Å²) in [6, 6.07) is 12.8. The summed E-state index contributed by atoms with van der Waals surface area (Å²) in [4.78, 5) is 40.7. The molecule has 1 N–H and O–H groups in total. The van der Waals surface area contributed by atoms with Crippen molar-refractivity contribution in [3.63, 3.8) is 0 Å². The Bertz CT molecular complexity index is 1210. The molecule has 0 aliphatic carbocycles. The molecular formula is C29H36N6O4. The summed E-state index contributed by atoms with van der Waals surface area (Å²) in [5.41, 5.74) is 2.32. The van der Waals surface area contributed by atoms with E-state index < -0.39 is 6.09 Å². The van der Waals surface area contributed by atoms with Gasteiger partial charge in [-0.1, -0.05) is 19.1 Å². The summed E-state index contributed by atoms with van der Waals surface area (Å²) in [7, 11) is 0. The third kappa shape index (κ3) is 7.57. The summed E-state index contributed by atoms with van der Waals surface area (Å²) in [6.45, 7) is 7.22. The van der Waals surface area contributed by atoms with Gasteiger partial charge in [-0.2, -0.15) is 0 Å². The molecule has 0 bridgehead atoms. The van der Waals surface area contributed by atoms with Gasteiger partial charge >= 0.3 is 6.09 Å². The highest BCUT2D eigenvalue weighted by molar-refractivity contribution is 6.04. The Morgan fingerprint density at radius 3 is 2.56 bits per heavy atom. The van der Waals surface area contributed by atoms with E-state index in [4.69, 9.17) is 9.57 Å². The Hall–Kier alpha value is -3.92. The van der Waals surface area contributed by atoms with Gasteiger partial charge < -0.3 is 19.8 Å². The van der Waals surface area contributed by atoms with Crippen molar-refractivity contribution in [3.05, 3.63) is 72.2 Å². The third-order valence-electron chi connectivity index (χ3n) is 7.34. The Kier molecular flexibility index (Phi) is 8.72. The normalized spacial score (nSPS) is 18.5. The van der Waals surface area contributed by atoms with Gasteiger partial charge in [0.15, 0.2) is 0 Å². The molecule has 2 amide bonds. The van der Waals surface area contributed by atoms with E-state index in [9.17, 15) is 9.59 Å². The number of likely N-dealkylation sites (tertiary alicyclic amines) is 2. The van der Waals surface area contributed by atoms with Gasteiger partial charge in [-0.25, -0.2) is 9.78 Å². The zero-order chi connectivity index (χ0) is 27.0. The fraction of sp³-hybridized carbons (Fsp3) is 0.448. The molecule has 4 heterocycles. The van der Waals surface area contributed by atoms with Crippen molar-refractivity contribution < 1.29 is 19.2 Å². The number of ether oxygens (including phenoxy) is 1. The van der Waals surface area contributed by atoms with Gasteiger partial charge in [0.05, 0.1) is 24.3 Å². The molecule has 5 rings (SSSR count). The summed E-state index contributed by atoms with van der Waals surface area (Å²) < 4.78 is 5.45. The summed E-state index contributed by atoms with van der Waals surface area (Å²) in [5.74, 6) is 1.08. The molecule has 1 unspecified atom stereocenters. The summed E-state index contributed by atoms with van der Waals surface area (Å²) >= 11 is 0. The van der Waals surface area contributed by atoms with Crippen LogP contribution in [0.2, 0.25) is 0 Å². The molecule has 0 spiro atoms. The number of hydrogen-bond acceptors (Lipinski definition) is 7. The second-order valence-electron chi connectivity index (χ2n) is 10.5. The molecule has 10 nitrogen and oxygen atoms in total. The number of carbonyl (C=O) groups excluding carboxylic acids is 2. The van der Waals surface area contributed by atoms with Crippen LogP contribution >= 0.6 is 0 Å². The monoisotopic (exact) mass is 532 g/mol. The minimum absolute atomic E-state index is 0.193. The molecule has 1 aromatic carbocycles. The average molecular weight is 533 g/mol. The number of carbonyl (C=O) groups is 2. The van der Waals surface area contributed by atoms with Crippen LogP contribution in [0.4, 0.5) is 10.5 Å². The van der Waals surface area contributed by atoms with E-state index in [0.29, 0.717) is 36.9 Å². The standard InChI is InChI=1S/C29H36N6O4/c1-22-4-2-14-33(19-22)20-23-5-7-25(8-6-23)28(36)32-26-9-10-27(30-18-26)39-29(37)34-16-11-24(12-17-34)21-38-35-15-3-13-31-35/h3,5-10,13,15,18,22,24H,2,4,11-12,14,16-17,19-21H2,1H3,(H,32,36). The van der Waals surface area contributed by atoms with Crippen LogP contribution in [0.5, 0.6) is 5.88 Å². The van der Waals surface area contributed by atoms with Crippen LogP contribution in [-0.4, -0.2) is 69.5 Å². The minimum Gasteiger partial charge on any atom is -0.396 e. The van der Waals surface area contributed by atoms with Crippen LogP contribution in [-0.2, 0) is 6.54 Å². The smallest absolute Gasteiger partial charge is 0.396 e. The van der Waals surface area contributed by atoms with Gasteiger partial charge in [0, 0.05) is 37.8 Å². The van der Waals surface area contributed by atoms with Gasteiger partial charge in [0.2, 0.25) is 5.88 Å². The Balaban J connectivity index is 1.05. The molecule has 2 aliphatic heterocycles. The highest BCUT2D eigenvalue weighted by Gasteiger charge is 2.25. The number of hydrogen-bond donors (Lipinski definition) is 1. The first-order valence-electron chi connectivity index (χ1n) is 13.7. The van der Waals surface area contributed by atoms with Crippen molar-refractivity contribution in [2.24, 2.45) is 11.8 Å². The fourth-order valence-corrected chi connectivity index (χ4v) is 5.12. The van der Waals surface area contributed by atoms with Gasteiger partial charge in [0.25, 0.3) is 5.91 Å². The number of benzene rings is 1. The maximum Gasteiger partial charge on any atom is 0.416 e. The SMILES string of the molecule is CC1CCCN(Cc2ccc(C(=O)Nc3ccc(OC(=O)N4CCC(COn5cccn5)CC4)nc3)cc2)C1. The molecule has 3 aromatic rings. The van der Waals surface area contributed by atoms with Gasteiger partial charge in [-0.3, -0.25) is 9.69 Å². The van der Waals surface area contributed by atoms with Crippen molar-refractivity contribution >= 4 is 17.7 Å². The quantitative estimate of drug-likeness (QED) is 0.466. The van der Waals surface area contributed by atoms with E-state index in [1.807, 2.05) is 30.3 Å². The molecule has 206 valence electrons. The number of amides is 2. The maximum absolute atomic E-state index is 12.7. The predicted molar refractivity (Wildman–Crippen MR) is 146 cm³/mol. The van der Waals surface area contributed by atoms with Crippen molar-refractivity contribution in [1.82, 2.24) is 24.7 Å². The third-order valence-corrected chi connectivity index (χ3v) is 7.34. The van der Waals surface area contributed by atoms with Crippen LogP contribution in [0.25, 0.3) is 0 Å².